The maximum atomic E-state index is 13.0. The molecule has 0 unspecified atom stereocenters. The zero-order valence-corrected chi connectivity index (χ0v) is 22.7. The quantitative estimate of drug-likeness (QED) is 0.331. The highest BCUT2D eigenvalue weighted by Gasteiger charge is 2.31. The van der Waals surface area contributed by atoms with Gasteiger partial charge in [-0.3, -0.25) is 9.20 Å². The molecule has 0 radical (unpaired) electrons. The summed E-state index contributed by atoms with van der Waals surface area (Å²) in [7, 11) is 0. The first kappa shape index (κ1) is 27.8. The van der Waals surface area contributed by atoms with Crippen LogP contribution in [0.25, 0.3) is 5.65 Å². The number of aryl methyl sites for hydroxylation is 1. The Morgan fingerprint density at radius 3 is 2.38 bits per heavy atom. The van der Waals surface area contributed by atoms with Gasteiger partial charge in [0.05, 0.1) is 31.9 Å². The highest BCUT2D eigenvalue weighted by molar-refractivity contribution is 6.30. The van der Waals surface area contributed by atoms with Crippen molar-refractivity contribution in [3.05, 3.63) is 94.4 Å². The number of benzene rings is 2. The van der Waals surface area contributed by atoms with Crippen molar-refractivity contribution >= 4 is 28.8 Å². The van der Waals surface area contributed by atoms with Crippen molar-refractivity contribution in [3.63, 3.8) is 0 Å². The third kappa shape index (κ3) is 6.68. The van der Waals surface area contributed by atoms with Gasteiger partial charge in [0.1, 0.15) is 23.6 Å². The Kier molecular flexibility index (Phi) is 8.18. The molecule has 2 aromatic heterocycles. The highest BCUT2D eigenvalue weighted by atomic mass is 35.5. The molecule has 1 fully saturated rings. The number of hydrogen-bond acceptors (Lipinski definition) is 4. The molecule has 1 amide bonds. The number of alkyl halides is 3. The molecular weight excluding hydrogens is 543 g/mol. The first-order chi connectivity index (χ1) is 19.2. The number of imidazole rings is 1. The monoisotopic (exact) mass is 572 g/mol. The Labute approximate surface area is 235 Å². The van der Waals surface area contributed by atoms with Gasteiger partial charge in [0, 0.05) is 35.1 Å². The lowest BCUT2D eigenvalue weighted by Gasteiger charge is -2.33. The molecule has 210 valence electrons. The summed E-state index contributed by atoms with van der Waals surface area (Å²) in [5.41, 5.74) is 4.99. The zero-order chi connectivity index (χ0) is 28.3. The number of fused-ring (bicyclic) bond motifs is 1. The summed E-state index contributed by atoms with van der Waals surface area (Å²) in [5.74, 6) is -0.386. The minimum absolute atomic E-state index is 0.183. The Morgan fingerprint density at radius 2 is 1.73 bits per heavy atom. The average molecular weight is 573 g/mol. The highest BCUT2D eigenvalue weighted by Crippen LogP contribution is 2.23. The molecule has 1 aliphatic heterocycles. The minimum atomic E-state index is -4.68. The van der Waals surface area contributed by atoms with Gasteiger partial charge in [-0.2, -0.15) is 0 Å². The number of halogens is 4. The number of piperazine rings is 1. The van der Waals surface area contributed by atoms with Crippen LogP contribution in [0.3, 0.4) is 0 Å². The van der Waals surface area contributed by atoms with E-state index in [1.54, 1.807) is 34.9 Å². The molecule has 3 heterocycles. The largest absolute Gasteiger partial charge is 0.573 e. The minimum Gasteiger partial charge on any atom is -0.406 e. The third-order valence-corrected chi connectivity index (χ3v) is 7.28. The SMILES string of the molecule is CCc1nc2cc(Cl)ccn2c1C(=O)NCc1ccc(N2CC[NH+](Cc3ccc(OC(F)(F)F)cc3)CC2)cc1. The lowest BCUT2D eigenvalue weighted by molar-refractivity contribution is -0.914. The van der Waals surface area contributed by atoms with E-state index >= 15 is 0 Å². The molecule has 0 spiro atoms. The van der Waals surface area contributed by atoms with E-state index in [9.17, 15) is 18.0 Å². The standard InChI is InChI=1S/C29H29ClF3N5O2/c1-2-25-27(38-12-11-22(30)17-26(38)35-25)28(39)34-18-20-3-7-23(8-4-20)37-15-13-36(14-16-37)19-21-5-9-24(10-6-21)40-29(31,32)33/h3-12,17H,2,13-16,18-19H2,1H3,(H,34,39)/p+1. The van der Waals surface area contributed by atoms with Crippen LogP contribution in [0.4, 0.5) is 18.9 Å². The Hall–Kier alpha value is -3.76. The maximum absolute atomic E-state index is 13.0. The summed E-state index contributed by atoms with van der Waals surface area (Å²) in [6, 6.07) is 17.8. The van der Waals surface area contributed by atoms with Crippen LogP contribution < -0.4 is 19.9 Å². The fourth-order valence-corrected chi connectivity index (χ4v) is 5.16. The second kappa shape index (κ2) is 11.8. The molecule has 1 saturated heterocycles. The summed E-state index contributed by atoms with van der Waals surface area (Å²) in [6.07, 6.45) is -2.29. The molecule has 11 heteroatoms. The number of quaternary nitrogens is 1. The number of rotatable bonds is 8. The average Bonchev–Trinajstić information content (AvgIpc) is 3.30. The number of ether oxygens (including phenoxy) is 1. The van der Waals surface area contributed by atoms with E-state index < -0.39 is 6.36 Å². The summed E-state index contributed by atoms with van der Waals surface area (Å²) in [6.45, 7) is 6.70. The summed E-state index contributed by atoms with van der Waals surface area (Å²) < 4.78 is 42.8. The van der Waals surface area contributed by atoms with Crippen LogP contribution >= 0.6 is 11.6 Å². The maximum Gasteiger partial charge on any atom is 0.573 e. The van der Waals surface area contributed by atoms with E-state index in [-0.39, 0.29) is 11.7 Å². The molecule has 7 nitrogen and oxygen atoms in total. The van der Waals surface area contributed by atoms with E-state index in [2.05, 4.69) is 32.1 Å². The van der Waals surface area contributed by atoms with Crippen LogP contribution in [-0.4, -0.2) is 47.8 Å². The summed E-state index contributed by atoms with van der Waals surface area (Å²) in [4.78, 5) is 21.3. The van der Waals surface area contributed by atoms with Crippen molar-refractivity contribution in [2.75, 3.05) is 31.1 Å². The topological polar surface area (TPSA) is 63.3 Å². The van der Waals surface area contributed by atoms with Crippen LogP contribution in [0.5, 0.6) is 5.75 Å². The van der Waals surface area contributed by atoms with Crippen LogP contribution in [0.1, 0.15) is 34.2 Å². The first-order valence-corrected chi connectivity index (χ1v) is 13.5. The molecule has 0 saturated carbocycles. The lowest BCUT2D eigenvalue weighted by atomic mass is 10.1. The van der Waals surface area contributed by atoms with Gasteiger partial charge in [-0.15, -0.1) is 13.2 Å². The molecular formula is C29H30ClF3N5O2+. The predicted molar refractivity (Wildman–Crippen MR) is 147 cm³/mol. The molecule has 2 aromatic carbocycles. The number of amides is 1. The zero-order valence-electron chi connectivity index (χ0n) is 22.0. The molecule has 5 rings (SSSR count). The third-order valence-electron chi connectivity index (χ3n) is 7.05. The van der Waals surface area contributed by atoms with Crippen molar-refractivity contribution in [1.82, 2.24) is 14.7 Å². The van der Waals surface area contributed by atoms with Gasteiger partial charge in [-0.25, -0.2) is 4.98 Å². The van der Waals surface area contributed by atoms with Gasteiger partial charge in [-0.05, 0) is 54.4 Å². The number of carbonyl (C=O) groups excluding carboxylic acids is 1. The fourth-order valence-electron chi connectivity index (χ4n) is 5.00. The summed E-state index contributed by atoms with van der Waals surface area (Å²) in [5, 5.41) is 3.58. The van der Waals surface area contributed by atoms with E-state index in [1.807, 2.05) is 19.1 Å². The predicted octanol–water partition coefficient (Wildman–Crippen LogP) is 4.28. The smallest absolute Gasteiger partial charge is 0.406 e. The van der Waals surface area contributed by atoms with E-state index in [0.717, 1.165) is 55.2 Å². The van der Waals surface area contributed by atoms with Crippen molar-refractivity contribution in [2.45, 2.75) is 32.8 Å². The van der Waals surface area contributed by atoms with Crippen LogP contribution in [0, 0.1) is 0 Å². The Bertz CT molecular complexity index is 1460. The van der Waals surface area contributed by atoms with Crippen molar-refractivity contribution in [1.29, 1.82) is 0 Å². The number of nitrogens with zero attached hydrogens (tertiary/aromatic N) is 3. The number of aromatic nitrogens is 2. The molecule has 2 N–H and O–H groups in total. The van der Waals surface area contributed by atoms with Crippen LogP contribution in [0.2, 0.25) is 5.02 Å². The first-order valence-electron chi connectivity index (χ1n) is 13.2. The van der Waals surface area contributed by atoms with Crippen molar-refractivity contribution in [3.8, 4) is 5.75 Å². The molecule has 1 aliphatic rings. The van der Waals surface area contributed by atoms with E-state index in [0.29, 0.717) is 29.3 Å². The van der Waals surface area contributed by atoms with Gasteiger partial charge in [-0.1, -0.05) is 30.7 Å². The van der Waals surface area contributed by atoms with E-state index in [4.69, 9.17) is 11.6 Å². The second-order valence-corrected chi connectivity index (χ2v) is 10.2. The van der Waals surface area contributed by atoms with Gasteiger partial charge in [0.15, 0.2) is 0 Å². The number of nitrogens with one attached hydrogen (secondary N) is 2. The second-order valence-electron chi connectivity index (χ2n) is 9.79. The van der Waals surface area contributed by atoms with Crippen LogP contribution in [-0.2, 0) is 19.5 Å². The van der Waals surface area contributed by atoms with Gasteiger partial charge < -0.3 is 19.9 Å². The Morgan fingerprint density at radius 1 is 1.05 bits per heavy atom. The number of hydrogen-bond donors (Lipinski definition) is 2. The molecule has 0 atom stereocenters. The number of pyridine rings is 1. The Balaban J connectivity index is 1.12. The van der Waals surface area contributed by atoms with E-state index in [1.165, 1.54) is 17.0 Å². The molecule has 40 heavy (non-hydrogen) atoms. The van der Waals surface area contributed by atoms with Gasteiger partial charge in [0.25, 0.3) is 5.91 Å². The van der Waals surface area contributed by atoms with Crippen LogP contribution in [0.15, 0.2) is 66.9 Å². The normalized spacial score (nSPS) is 14.5. The van der Waals surface area contributed by atoms with Gasteiger partial charge >= 0.3 is 6.36 Å². The fraction of sp³-hybridized carbons (Fsp3) is 0.310. The molecule has 4 aromatic rings. The van der Waals surface area contributed by atoms with Crippen molar-refractivity contribution in [2.24, 2.45) is 0 Å². The number of carbonyl (C=O) groups is 1. The van der Waals surface area contributed by atoms with Crippen molar-refractivity contribution < 1.29 is 27.6 Å². The number of anilines is 1. The lowest BCUT2D eigenvalue weighted by Crippen LogP contribution is -3.13. The molecule has 0 bridgehead atoms. The van der Waals surface area contributed by atoms with Gasteiger partial charge in [0.2, 0.25) is 0 Å². The summed E-state index contributed by atoms with van der Waals surface area (Å²) >= 11 is 6.08. The molecule has 0 aliphatic carbocycles.